The smallest absolute Gasteiger partial charge is 0.244 e. The van der Waals surface area contributed by atoms with E-state index in [1.54, 1.807) is 18.2 Å². The van der Waals surface area contributed by atoms with Crippen molar-refractivity contribution in [3.05, 3.63) is 48.5 Å². The van der Waals surface area contributed by atoms with E-state index in [2.05, 4.69) is 24.1 Å². The van der Waals surface area contributed by atoms with Crippen molar-refractivity contribution in [2.24, 2.45) is 0 Å². The molecule has 2 rings (SSSR count). The molecule has 0 aliphatic carbocycles. The number of carbonyl (C=O) groups excluding carboxylic acids is 2. The van der Waals surface area contributed by atoms with Crippen molar-refractivity contribution >= 4 is 28.9 Å². The van der Waals surface area contributed by atoms with Gasteiger partial charge >= 0.3 is 0 Å². The topological polar surface area (TPSA) is 61.9 Å². The molecule has 0 aliphatic rings. The van der Waals surface area contributed by atoms with Crippen molar-refractivity contribution < 1.29 is 14.3 Å². The second-order valence-electron chi connectivity index (χ2n) is 6.04. The molecule has 2 aromatic carbocycles. The van der Waals surface area contributed by atoms with Gasteiger partial charge in [0.05, 0.1) is 12.8 Å². The Hall–Kier alpha value is -3.02. The quantitative estimate of drug-likeness (QED) is 0.773. The molecule has 0 saturated carbocycles. The molecule has 0 radical (unpaired) electrons. The Morgan fingerprint density at radius 1 is 1.00 bits per heavy atom. The molecular formula is C21H27N3O3. The third-order valence-corrected chi connectivity index (χ3v) is 4.34. The van der Waals surface area contributed by atoms with E-state index in [-0.39, 0.29) is 18.4 Å². The lowest BCUT2D eigenvalue weighted by Crippen LogP contribution is -2.36. The predicted molar refractivity (Wildman–Crippen MR) is 110 cm³/mol. The number of nitrogens with one attached hydrogen (secondary N) is 1. The summed E-state index contributed by atoms with van der Waals surface area (Å²) in [4.78, 5) is 28.2. The lowest BCUT2D eigenvalue weighted by Gasteiger charge is -2.23. The van der Waals surface area contributed by atoms with E-state index in [1.165, 1.54) is 18.9 Å². The largest absolute Gasteiger partial charge is 0.495 e. The van der Waals surface area contributed by atoms with Crippen LogP contribution in [0, 0.1) is 0 Å². The van der Waals surface area contributed by atoms with Crippen LogP contribution in [0.25, 0.3) is 0 Å². The van der Waals surface area contributed by atoms with Crippen LogP contribution in [0.2, 0.25) is 0 Å². The van der Waals surface area contributed by atoms with Gasteiger partial charge in [0.2, 0.25) is 11.8 Å². The lowest BCUT2D eigenvalue weighted by atomic mass is 10.2. The van der Waals surface area contributed by atoms with Crippen LogP contribution in [0.5, 0.6) is 5.75 Å². The zero-order chi connectivity index (χ0) is 19.8. The Balaban J connectivity index is 2.09. The number of hydrogen-bond donors (Lipinski definition) is 1. The molecule has 6 heteroatoms. The first-order valence-corrected chi connectivity index (χ1v) is 9.06. The second-order valence-corrected chi connectivity index (χ2v) is 6.04. The van der Waals surface area contributed by atoms with Gasteiger partial charge in [-0.1, -0.05) is 12.1 Å². The first-order chi connectivity index (χ1) is 13.0. The van der Waals surface area contributed by atoms with Gasteiger partial charge in [-0.25, -0.2) is 0 Å². The minimum atomic E-state index is -0.272. The Labute approximate surface area is 160 Å². The Kier molecular flexibility index (Phi) is 7.23. The number of ether oxygens (including phenoxy) is 1. The third-order valence-electron chi connectivity index (χ3n) is 4.34. The third kappa shape index (κ3) is 5.23. The van der Waals surface area contributed by atoms with Crippen LogP contribution < -0.4 is 19.9 Å². The van der Waals surface area contributed by atoms with Crippen molar-refractivity contribution in [1.29, 1.82) is 0 Å². The molecule has 0 saturated heterocycles. The SMILES string of the molecule is CCN(CC)c1ccc(NC(=O)CN(C(C)=O)c2ccccc2OC)cc1. The number of anilines is 3. The van der Waals surface area contributed by atoms with Crippen LogP contribution in [-0.2, 0) is 9.59 Å². The molecule has 0 atom stereocenters. The minimum Gasteiger partial charge on any atom is -0.495 e. The number of carbonyl (C=O) groups is 2. The highest BCUT2D eigenvalue weighted by atomic mass is 16.5. The number of hydrogen-bond acceptors (Lipinski definition) is 4. The van der Waals surface area contributed by atoms with Gasteiger partial charge in [0.25, 0.3) is 0 Å². The highest BCUT2D eigenvalue weighted by molar-refractivity contribution is 6.02. The summed E-state index contributed by atoms with van der Waals surface area (Å²) in [6, 6.07) is 14.8. The van der Waals surface area contributed by atoms with Crippen LogP contribution >= 0.6 is 0 Å². The summed E-state index contributed by atoms with van der Waals surface area (Å²) < 4.78 is 5.30. The summed E-state index contributed by atoms with van der Waals surface area (Å²) in [6.07, 6.45) is 0. The predicted octanol–water partition coefficient (Wildman–Crippen LogP) is 3.53. The van der Waals surface area contributed by atoms with Gasteiger partial charge in [-0.15, -0.1) is 0 Å². The molecule has 2 aromatic rings. The Morgan fingerprint density at radius 2 is 1.63 bits per heavy atom. The summed E-state index contributed by atoms with van der Waals surface area (Å²) in [7, 11) is 1.54. The zero-order valence-electron chi connectivity index (χ0n) is 16.4. The normalized spacial score (nSPS) is 10.2. The van der Waals surface area contributed by atoms with Crippen molar-refractivity contribution in [3.63, 3.8) is 0 Å². The van der Waals surface area contributed by atoms with E-state index in [9.17, 15) is 9.59 Å². The van der Waals surface area contributed by atoms with Crippen molar-refractivity contribution in [3.8, 4) is 5.75 Å². The maximum atomic E-state index is 12.5. The first-order valence-electron chi connectivity index (χ1n) is 9.06. The fourth-order valence-electron chi connectivity index (χ4n) is 2.91. The molecule has 0 bridgehead atoms. The average Bonchev–Trinajstić information content (AvgIpc) is 2.68. The molecule has 0 heterocycles. The average molecular weight is 369 g/mol. The lowest BCUT2D eigenvalue weighted by molar-refractivity contribution is -0.120. The monoisotopic (exact) mass is 369 g/mol. The van der Waals surface area contributed by atoms with Crippen LogP contribution in [0.15, 0.2) is 48.5 Å². The molecule has 27 heavy (non-hydrogen) atoms. The summed E-state index contributed by atoms with van der Waals surface area (Å²) >= 11 is 0. The second kappa shape index (κ2) is 9.62. The fraction of sp³-hybridized carbons (Fsp3) is 0.333. The summed E-state index contributed by atoms with van der Waals surface area (Å²) in [6.45, 7) is 7.40. The molecule has 144 valence electrons. The van der Waals surface area contributed by atoms with Crippen molar-refractivity contribution in [1.82, 2.24) is 0 Å². The standard InChI is InChI=1S/C21H27N3O3/c1-5-23(6-2)18-13-11-17(12-14-18)22-21(26)15-24(16(3)25)19-9-7-8-10-20(19)27-4/h7-14H,5-6,15H2,1-4H3,(H,22,26). The van der Waals surface area contributed by atoms with E-state index >= 15 is 0 Å². The fourth-order valence-corrected chi connectivity index (χ4v) is 2.91. The number of amides is 2. The molecule has 0 fully saturated rings. The number of para-hydroxylation sites is 2. The van der Waals surface area contributed by atoms with Crippen LogP contribution in [0.4, 0.5) is 17.1 Å². The summed E-state index contributed by atoms with van der Waals surface area (Å²) in [5.41, 5.74) is 2.37. The minimum absolute atomic E-state index is 0.0898. The van der Waals surface area contributed by atoms with Gasteiger partial charge in [-0.2, -0.15) is 0 Å². The molecule has 0 aliphatic heterocycles. The first kappa shape index (κ1) is 20.3. The highest BCUT2D eigenvalue weighted by Gasteiger charge is 2.19. The molecular weight excluding hydrogens is 342 g/mol. The number of nitrogens with zero attached hydrogens (tertiary/aromatic N) is 2. The van der Waals surface area contributed by atoms with E-state index < -0.39 is 0 Å². The van der Waals surface area contributed by atoms with Gasteiger partial charge in [0, 0.05) is 31.4 Å². The number of benzene rings is 2. The summed E-state index contributed by atoms with van der Waals surface area (Å²) in [5, 5.41) is 2.84. The molecule has 0 unspecified atom stereocenters. The molecule has 1 N–H and O–H groups in total. The maximum Gasteiger partial charge on any atom is 0.244 e. The van der Waals surface area contributed by atoms with Crippen LogP contribution in [0.3, 0.4) is 0 Å². The van der Waals surface area contributed by atoms with Crippen LogP contribution in [-0.4, -0.2) is 38.6 Å². The molecule has 6 nitrogen and oxygen atoms in total. The number of rotatable bonds is 8. The van der Waals surface area contributed by atoms with E-state index in [1.807, 2.05) is 30.3 Å². The van der Waals surface area contributed by atoms with E-state index in [0.29, 0.717) is 17.1 Å². The van der Waals surface area contributed by atoms with Gasteiger partial charge in [0.15, 0.2) is 0 Å². The van der Waals surface area contributed by atoms with Gasteiger partial charge in [0.1, 0.15) is 12.3 Å². The molecule has 2 amide bonds. The van der Waals surface area contributed by atoms with E-state index in [4.69, 9.17) is 4.74 Å². The number of methoxy groups -OCH3 is 1. The Morgan fingerprint density at radius 3 is 2.19 bits per heavy atom. The maximum absolute atomic E-state index is 12.5. The van der Waals surface area contributed by atoms with Crippen molar-refractivity contribution in [2.75, 3.05) is 41.9 Å². The molecule has 0 spiro atoms. The van der Waals surface area contributed by atoms with Crippen LogP contribution in [0.1, 0.15) is 20.8 Å². The zero-order valence-corrected chi connectivity index (χ0v) is 16.4. The van der Waals surface area contributed by atoms with Gasteiger partial charge in [-0.05, 0) is 50.2 Å². The van der Waals surface area contributed by atoms with Gasteiger partial charge < -0.3 is 15.0 Å². The summed E-state index contributed by atoms with van der Waals surface area (Å²) in [5.74, 6) is 0.0438. The molecule has 0 aromatic heterocycles. The van der Waals surface area contributed by atoms with Crippen molar-refractivity contribution in [2.45, 2.75) is 20.8 Å². The van der Waals surface area contributed by atoms with E-state index in [0.717, 1.165) is 18.8 Å². The highest BCUT2D eigenvalue weighted by Crippen LogP contribution is 2.27. The Bertz CT molecular complexity index is 770. The van der Waals surface area contributed by atoms with Gasteiger partial charge in [-0.3, -0.25) is 14.5 Å².